The van der Waals surface area contributed by atoms with Gasteiger partial charge in [0, 0.05) is 18.5 Å². The van der Waals surface area contributed by atoms with Gasteiger partial charge >= 0.3 is 0 Å². The molecule has 0 aromatic heterocycles. The highest BCUT2D eigenvalue weighted by Crippen LogP contribution is 2.29. The van der Waals surface area contributed by atoms with Crippen LogP contribution in [0.4, 0.5) is 0 Å². The third-order valence-electron chi connectivity index (χ3n) is 4.89. The Labute approximate surface area is 112 Å². The summed E-state index contributed by atoms with van der Waals surface area (Å²) in [5.74, 6) is 1.43. The molecule has 0 heterocycles. The Hall–Kier alpha value is -0.570. The van der Waals surface area contributed by atoms with Crippen LogP contribution in [0.2, 0.25) is 0 Å². The van der Waals surface area contributed by atoms with Crippen molar-refractivity contribution in [1.29, 1.82) is 0 Å². The van der Waals surface area contributed by atoms with Crippen molar-refractivity contribution in [2.24, 2.45) is 28.9 Å². The second kappa shape index (κ2) is 6.05. The summed E-state index contributed by atoms with van der Waals surface area (Å²) in [7, 11) is 0. The fourth-order valence-electron chi connectivity index (χ4n) is 2.32. The van der Waals surface area contributed by atoms with Crippen molar-refractivity contribution in [3.63, 3.8) is 0 Å². The Morgan fingerprint density at radius 3 is 2.50 bits per heavy atom. The van der Waals surface area contributed by atoms with Crippen molar-refractivity contribution < 1.29 is 4.79 Å². The van der Waals surface area contributed by atoms with E-state index in [4.69, 9.17) is 5.73 Å². The molecule has 0 spiro atoms. The number of carbonyl (C=O) groups excluding carboxylic acids is 1. The molecule has 1 aliphatic carbocycles. The molecule has 18 heavy (non-hydrogen) atoms. The molecule has 1 amide bonds. The summed E-state index contributed by atoms with van der Waals surface area (Å²) in [4.78, 5) is 12.2. The zero-order valence-electron chi connectivity index (χ0n) is 12.6. The van der Waals surface area contributed by atoms with Gasteiger partial charge in [-0.2, -0.15) is 0 Å². The van der Waals surface area contributed by atoms with E-state index in [2.05, 4.69) is 39.9 Å². The number of hydrogen-bond acceptors (Lipinski definition) is 2. The van der Waals surface area contributed by atoms with Crippen molar-refractivity contribution in [1.82, 2.24) is 5.32 Å². The highest BCUT2D eigenvalue weighted by Gasteiger charge is 2.30. The number of rotatable bonds is 4. The van der Waals surface area contributed by atoms with E-state index in [1.165, 1.54) is 0 Å². The van der Waals surface area contributed by atoms with Crippen molar-refractivity contribution in [3.05, 3.63) is 0 Å². The summed E-state index contributed by atoms with van der Waals surface area (Å²) in [5, 5.41) is 3.13. The molecule has 1 fully saturated rings. The summed E-state index contributed by atoms with van der Waals surface area (Å²) < 4.78 is 0. The highest BCUT2D eigenvalue weighted by atomic mass is 16.1. The standard InChI is InChI=1S/C15H30N2O/c1-10(2)15(4,5)9-17-14(18)12-6-7-13(16)11(3)8-12/h10-13H,6-9,16H2,1-5H3,(H,17,18). The van der Waals surface area contributed by atoms with Crippen LogP contribution in [0.15, 0.2) is 0 Å². The SMILES string of the molecule is CC1CC(C(=O)NCC(C)(C)C(C)C)CCC1N. The third kappa shape index (κ3) is 3.98. The zero-order valence-corrected chi connectivity index (χ0v) is 12.6. The lowest BCUT2D eigenvalue weighted by Gasteiger charge is -2.33. The van der Waals surface area contributed by atoms with Crippen LogP contribution in [0, 0.1) is 23.2 Å². The number of carbonyl (C=O) groups is 1. The van der Waals surface area contributed by atoms with Gasteiger partial charge in [-0.3, -0.25) is 4.79 Å². The van der Waals surface area contributed by atoms with Crippen molar-refractivity contribution in [3.8, 4) is 0 Å². The van der Waals surface area contributed by atoms with Gasteiger partial charge in [-0.1, -0.05) is 34.6 Å². The summed E-state index contributed by atoms with van der Waals surface area (Å²) in [6.45, 7) is 11.7. The maximum atomic E-state index is 12.2. The Morgan fingerprint density at radius 2 is 2.00 bits per heavy atom. The molecule has 0 aliphatic heterocycles. The van der Waals surface area contributed by atoms with Crippen LogP contribution < -0.4 is 11.1 Å². The van der Waals surface area contributed by atoms with Crippen LogP contribution in [-0.2, 0) is 4.79 Å². The summed E-state index contributed by atoms with van der Waals surface area (Å²) in [5.41, 5.74) is 6.15. The Bertz CT molecular complexity index is 286. The molecule has 3 nitrogen and oxygen atoms in total. The zero-order chi connectivity index (χ0) is 13.9. The van der Waals surface area contributed by atoms with E-state index >= 15 is 0 Å². The number of nitrogens with two attached hydrogens (primary N) is 1. The first-order valence-corrected chi connectivity index (χ1v) is 7.27. The van der Waals surface area contributed by atoms with Gasteiger partial charge in [0.2, 0.25) is 5.91 Å². The normalized spacial score (nSPS) is 29.4. The first-order chi connectivity index (χ1) is 8.24. The molecule has 3 atom stereocenters. The molecule has 0 saturated heterocycles. The number of amides is 1. The molecular formula is C15H30N2O. The van der Waals surface area contributed by atoms with Gasteiger partial charge in [0.05, 0.1) is 0 Å². The van der Waals surface area contributed by atoms with Crippen LogP contribution in [0.5, 0.6) is 0 Å². The second-order valence-corrected chi connectivity index (χ2v) is 7.01. The molecular weight excluding hydrogens is 224 g/mol. The smallest absolute Gasteiger partial charge is 0.223 e. The lowest BCUT2D eigenvalue weighted by atomic mass is 9.78. The topological polar surface area (TPSA) is 55.1 Å². The fourth-order valence-corrected chi connectivity index (χ4v) is 2.32. The maximum Gasteiger partial charge on any atom is 0.223 e. The van der Waals surface area contributed by atoms with Gasteiger partial charge in [-0.15, -0.1) is 0 Å². The molecule has 3 N–H and O–H groups in total. The minimum Gasteiger partial charge on any atom is -0.355 e. The predicted octanol–water partition coefficient (Wildman–Crippen LogP) is 2.55. The molecule has 0 aromatic carbocycles. The predicted molar refractivity (Wildman–Crippen MR) is 76.1 cm³/mol. The van der Waals surface area contributed by atoms with Gasteiger partial charge in [0.15, 0.2) is 0 Å². The summed E-state index contributed by atoms with van der Waals surface area (Å²) >= 11 is 0. The van der Waals surface area contributed by atoms with Crippen LogP contribution >= 0.6 is 0 Å². The molecule has 1 aliphatic rings. The molecule has 1 saturated carbocycles. The average molecular weight is 254 g/mol. The molecule has 1 rings (SSSR count). The lowest BCUT2D eigenvalue weighted by molar-refractivity contribution is -0.127. The van der Waals surface area contributed by atoms with Crippen molar-refractivity contribution in [2.75, 3.05) is 6.54 Å². The minimum absolute atomic E-state index is 0.159. The first-order valence-electron chi connectivity index (χ1n) is 7.27. The van der Waals surface area contributed by atoms with E-state index < -0.39 is 0 Å². The minimum atomic E-state index is 0.159. The van der Waals surface area contributed by atoms with Crippen molar-refractivity contribution in [2.45, 2.75) is 59.9 Å². The molecule has 106 valence electrons. The van der Waals surface area contributed by atoms with E-state index in [1.807, 2.05) is 0 Å². The van der Waals surface area contributed by atoms with Gasteiger partial charge < -0.3 is 11.1 Å². The summed E-state index contributed by atoms with van der Waals surface area (Å²) in [6.07, 6.45) is 2.86. The monoisotopic (exact) mass is 254 g/mol. The Morgan fingerprint density at radius 1 is 1.39 bits per heavy atom. The fraction of sp³-hybridized carbons (Fsp3) is 0.933. The average Bonchev–Trinajstić information content (AvgIpc) is 2.29. The van der Waals surface area contributed by atoms with Gasteiger partial charge in [0.25, 0.3) is 0 Å². The van der Waals surface area contributed by atoms with E-state index in [1.54, 1.807) is 0 Å². The van der Waals surface area contributed by atoms with E-state index in [9.17, 15) is 4.79 Å². The van der Waals surface area contributed by atoms with Gasteiger partial charge in [-0.05, 0) is 36.5 Å². The lowest BCUT2D eigenvalue weighted by Crippen LogP contribution is -2.43. The molecule has 0 bridgehead atoms. The van der Waals surface area contributed by atoms with Gasteiger partial charge in [0.1, 0.15) is 0 Å². The van der Waals surface area contributed by atoms with Crippen LogP contribution in [0.3, 0.4) is 0 Å². The highest BCUT2D eigenvalue weighted by molar-refractivity contribution is 5.78. The van der Waals surface area contributed by atoms with Crippen LogP contribution in [0.1, 0.15) is 53.9 Å². The number of nitrogens with one attached hydrogen (secondary N) is 1. The Balaban J connectivity index is 2.42. The maximum absolute atomic E-state index is 12.2. The molecule has 3 heteroatoms. The number of hydrogen-bond donors (Lipinski definition) is 2. The van der Waals surface area contributed by atoms with E-state index in [-0.39, 0.29) is 23.3 Å². The van der Waals surface area contributed by atoms with E-state index in [0.717, 1.165) is 25.8 Å². The Kier molecular flexibility index (Phi) is 5.20. The van der Waals surface area contributed by atoms with Crippen LogP contribution in [0.25, 0.3) is 0 Å². The first kappa shape index (κ1) is 15.5. The molecule has 0 radical (unpaired) electrons. The quantitative estimate of drug-likeness (QED) is 0.810. The second-order valence-electron chi connectivity index (χ2n) is 7.01. The summed E-state index contributed by atoms with van der Waals surface area (Å²) in [6, 6.07) is 0.279. The molecule has 3 unspecified atom stereocenters. The third-order valence-corrected chi connectivity index (χ3v) is 4.89. The van der Waals surface area contributed by atoms with Gasteiger partial charge in [-0.25, -0.2) is 0 Å². The van der Waals surface area contributed by atoms with E-state index in [0.29, 0.717) is 11.8 Å². The largest absolute Gasteiger partial charge is 0.355 e. The molecule has 0 aromatic rings. The van der Waals surface area contributed by atoms with Crippen LogP contribution in [-0.4, -0.2) is 18.5 Å². The van der Waals surface area contributed by atoms with Crippen molar-refractivity contribution >= 4 is 5.91 Å².